The summed E-state index contributed by atoms with van der Waals surface area (Å²) in [4.78, 5) is 39.7. The van der Waals surface area contributed by atoms with Crippen LogP contribution < -0.4 is 5.32 Å². The molecule has 7 heteroatoms. The minimum Gasteiger partial charge on any atom is -0.505 e. The van der Waals surface area contributed by atoms with Crippen LogP contribution in [0.3, 0.4) is 0 Å². The lowest BCUT2D eigenvalue weighted by Gasteiger charge is -2.32. The molecule has 1 aliphatic rings. The van der Waals surface area contributed by atoms with Crippen LogP contribution in [0, 0.1) is 5.92 Å². The fourth-order valence-corrected chi connectivity index (χ4v) is 4.11. The van der Waals surface area contributed by atoms with E-state index in [0.717, 1.165) is 10.8 Å². The number of carbonyl (C=O) groups is 3. The number of likely N-dealkylation sites (tertiary alicyclic amines) is 1. The number of para-hydroxylation sites is 1. The summed E-state index contributed by atoms with van der Waals surface area (Å²) in [5.74, 6) is -1.87. The summed E-state index contributed by atoms with van der Waals surface area (Å²) in [5, 5.41) is 14.9. The van der Waals surface area contributed by atoms with Gasteiger partial charge in [-0.15, -0.1) is 0 Å². The molecule has 0 saturated carbocycles. The van der Waals surface area contributed by atoms with Crippen LogP contribution in [0.1, 0.15) is 33.6 Å². The van der Waals surface area contributed by atoms with Crippen LogP contribution in [0.15, 0.2) is 60.7 Å². The Balaban J connectivity index is 1.50. The lowest BCUT2D eigenvalue weighted by Crippen LogP contribution is -2.43. The van der Waals surface area contributed by atoms with E-state index in [1.165, 1.54) is 19.2 Å². The molecule has 4 rings (SSSR count). The van der Waals surface area contributed by atoms with Gasteiger partial charge >= 0.3 is 5.97 Å². The first-order valence-corrected chi connectivity index (χ1v) is 10.5. The molecule has 1 unspecified atom stereocenters. The molecular formula is C25H24N2O5. The molecule has 2 amide bonds. The van der Waals surface area contributed by atoms with Gasteiger partial charge in [-0.25, -0.2) is 4.79 Å². The molecule has 1 saturated heterocycles. The lowest BCUT2D eigenvalue weighted by molar-refractivity contribution is -0.121. The van der Waals surface area contributed by atoms with Gasteiger partial charge in [0.25, 0.3) is 5.91 Å². The van der Waals surface area contributed by atoms with Gasteiger partial charge in [-0.2, -0.15) is 0 Å². The summed E-state index contributed by atoms with van der Waals surface area (Å²) in [6.45, 7) is 0.861. The largest absolute Gasteiger partial charge is 0.505 e. The van der Waals surface area contributed by atoms with Crippen molar-refractivity contribution in [3.05, 3.63) is 71.8 Å². The van der Waals surface area contributed by atoms with Crippen LogP contribution in [0.2, 0.25) is 0 Å². The molecule has 1 atom stereocenters. The van der Waals surface area contributed by atoms with Crippen molar-refractivity contribution in [2.45, 2.75) is 12.8 Å². The van der Waals surface area contributed by atoms with Gasteiger partial charge in [0.1, 0.15) is 5.56 Å². The molecule has 32 heavy (non-hydrogen) atoms. The number of methoxy groups -OCH3 is 1. The molecule has 1 fully saturated rings. The predicted molar refractivity (Wildman–Crippen MR) is 121 cm³/mol. The van der Waals surface area contributed by atoms with E-state index in [-0.39, 0.29) is 35.4 Å². The number of ether oxygens (including phenoxy) is 1. The number of nitrogens with zero attached hydrogens (tertiary/aromatic N) is 1. The maximum atomic E-state index is 13.2. The summed E-state index contributed by atoms with van der Waals surface area (Å²) in [5.41, 5.74) is 0.727. The lowest BCUT2D eigenvalue weighted by atomic mass is 9.95. The topological polar surface area (TPSA) is 95.9 Å². The number of nitrogens with one attached hydrogen (secondary N) is 1. The molecule has 3 aromatic rings. The first kappa shape index (κ1) is 21.4. The van der Waals surface area contributed by atoms with E-state index in [4.69, 9.17) is 0 Å². The summed E-state index contributed by atoms with van der Waals surface area (Å²) < 4.78 is 4.65. The number of aromatic hydroxyl groups is 1. The second kappa shape index (κ2) is 9.09. The molecule has 0 bridgehead atoms. The van der Waals surface area contributed by atoms with Crippen molar-refractivity contribution in [2.24, 2.45) is 5.92 Å². The molecule has 2 N–H and O–H groups in total. The Bertz CT molecular complexity index is 1180. The monoisotopic (exact) mass is 432 g/mol. The molecule has 7 nitrogen and oxygen atoms in total. The number of rotatable bonds is 4. The van der Waals surface area contributed by atoms with E-state index >= 15 is 0 Å². The minimum atomic E-state index is -0.692. The van der Waals surface area contributed by atoms with Crippen LogP contribution in [-0.2, 0) is 9.53 Å². The van der Waals surface area contributed by atoms with Gasteiger partial charge in [-0.1, -0.05) is 42.5 Å². The fourth-order valence-electron chi connectivity index (χ4n) is 4.11. The van der Waals surface area contributed by atoms with Gasteiger partial charge in [-0.05, 0) is 41.8 Å². The number of fused-ring (bicyclic) bond motifs is 1. The van der Waals surface area contributed by atoms with E-state index < -0.39 is 11.9 Å². The van der Waals surface area contributed by atoms with E-state index in [1.54, 1.807) is 11.0 Å². The van der Waals surface area contributed by atoms with Crippen molar-refractivity contribution in [3.8, 4) is 5.75 Å². The van der Waals surface area contributed by atoms with Gasteiger partial charge in [0.2, 0.25) is 5.91 Å². The number of hydrogen-bond acceptors (Lipinski definition) is 5. The van der Waals surface area contributed by atoms with E-state index in [2.05, 4.69) is 10.1 Å². The highest BCUT2D eigenvalue weighted by molar-refractivity contribution is 6.07. The Morgan fingerprint density at radius 3 is 2.53 bits per heavy atom. The first-order chi connectivity index (χ1) is 15.5. The van der Waals surface area contributed by atoms with Crippen molar-refractivity contribution in [1.29, 1.82) is 0 Å². The normalized spacial score (nSPS) is 15.9. The van der Waals surface area contributed by atoms with Gasteiger partial charge in [-0.3, -0.25) is 9.59 Å². The average molecular weight is 432 g/mol. The van der Waals surface area contributed by atoms with Crippen LogP contribution in [0.5, 0.6) is 5.75 Å². The van der Waals surface area contributed by atoms with E-state index in [9.17, 15) is 19.5 Å². The number of esters is 1. The Kier molecular flexibility index (Phi) is 6.07. The third-order valence-corrected chi connectivity index (χ3v) is 5.80. The van der Waals surface area contributed by atoms with E-state index in [0.29, 0.717) is 24.9 Å². The fraction of sp³-hybridized carbons (Fsp3) is 0.240. The number of piperidine rings is 1. The van der Waals surface area contributed by atoms with Crippen LogP contribution in [0.4, 0.5) is 5.69 Å². The van der Waals surface area contributed by atoms with Crippen molar-refractivity contribution >= 4 is 34.2 Å². The smallest absolute Gasteiger partial charge is 0.341 e. The molecule has 0 spiro atoms. The zero-order chi connectivity index (χ0) is 22.7. The van der Waals surface area contributed by atoms with Gasteiger partial charge in [0.15, 0.2) is 5.75 Å². The summed E-state index contributed by atoms with van der Waals surface area (Å²) in [6.07, 6.45) is 1.32. The molecule has 0 radical (unpaired) electrons. The number of hydrogen-bond donors (Lipinski definition) is 2. The maximum absolute atomic E-state index is 13.2. The van der Waals surface area contributed by atoms with Crippen molar-refractivity contribution in [1.82, 2.24) is 4.90 Å². The second-order valence-corrected chi connectivity index (χ2v) is 7.80. The third kappa shape index (κ3) is 4.14. The molecule has 1 heterocycles. The number of anilines is 1. The summed E-state index contributed by atoms with van der Waals surface area (Å²) in [7, 11) is 1.22. The molecule has 3 aromatic carbocycles. The molecule has 0 aliphatic carbocycles. The molecule has 164 valence electrons. The van der Waals surface area contributed by atoms with Crippen LogP contribution in [0.25, 0.3) is 10.8 Å². The number of phenols is 1. The maximum Gasteiger partial charge on any atom is 0.341 e. The zero-order valence-electron chi connectivity index (χ0n) is 17.7. The highest BCUT2D eigenvalue weighted by atomic mass is 16.5. The van der Waals surface area contributed by atoms with Gasteiger partial charge in [0.05, 0.1) is 18.7 Å². The van der Waals surface area contributed by atoms with E-state index in [1.807, 2.05) is 42.5 Å². The van der Waals surface area contributed by atoms with Gasteiger partial charge in [0, 0.05) is 18.7 Å². The van der Waals surface area contributed by atoms with Crippen LogP contribution >= 0.6 is 0 Å². The second-order valence-electron chi connectivity index (χ2n) is 7.80. The highest BCUT2D eigenvalue weighted by Gasteiger charge is 2.30. The highest BCUT2D eigenvalue weighted by Crippen LogP contribution is 2.30. The molecular weight excluding hydrogens is 408 g/mol. The number of benzene rings is 3. The Labute approximate surface area is 185 Å². The number of phenolic OH excluding ortho intramolecular Hbond substituents is 1. The number of carbonyl (C=O) groups excluding carboxylic acids is 3. The quantitative estimate of drug-likeness (QED) is 0.483. The zero-order valence-corrected chi connectivity index (χ0v) is 17.7. The Morgan fingerprint density at radius 1 is 1.00 bits per heavy atom. The Morgan fingerprint density at radius 2 is 1.72 bits per heavy atom. The van der Waals surface area contributed by atoms with Crippen molar-refractivity contribution in [3.63, 3.8) is 0 Å². The average Bonchev–Trinajstić information content (AvgIpc) is 2.84. The molecule has 1 aliphatic heterocycles. The first-order valence-electron chi connectivity index (χ1n) is 10.5. The number of amides is 2. The van der Waals surface area contributed by atoms with Crippen molar-refractivity contribution < 1.29 is 24.2 Å². The van der Waals surface area contributed by atoms with Crippen LogP contribution in [-0.4, -0.2) is 48.0 Å². The minimum absolute atomic E-state index is 0.0262. The van der Waals surface area contributed by atoms with Crippen molar-refractivity contribution in [2.75, 3.05) is 25.5 Å². The molecule has 0 aromatic heterocycles. The standard InChI is InChI=1S/C25H24N2O5/c1-32-25(31)20-12-5-13-21(22(20)28)26-23(29)17-9-6-14-27(15-17)24(30)19-11-4-8-16-7-2-3-10-18(16)19/h2-5,7-8,10-13,17,28H,6,9,14-15H2,1H3,(H,26,29). The summed E-state index contributed by atoms with van der Waals surface area (Å²) in [6, 6.07) is 17.9. The SMILES string of the molecule is COC(=O)c1cccc(NC(=O)C2CCCN(C(=O)c3cccc4ccccc34)C2)c1O. The Hall–Kier alpha value is -3.87. The predicted octanol–water partition coefficient (Wildman–Crippen LogP) is 3.82. The third-order valence-electron chi connectivity index (χ3n) is 5.80. The van der Waals surface area contributed by atoms with Gasteiger partial charge < -0.3 is 20.1 Å². The summed E-state index contributed by atoms with van der Waals surface area (Å²) >= 11 is 0.